The maximum atomic E-state index is 11.8. The largest absolute Gasteiger partial charge is 0.382 e. The van der Waals surface area contributed by atoms with Crippen molar-refractivity contribution in [3.63, 3.8) is 0 Å². The van der Waals surface area contributed by atoms with E-state index in [4.69, 9.17) is 5.73 Å². The number of hydrogen-bond acceptors (Lipinski definition) is 5. The molecule has 2 N–H and O–H groups in total. The van der Waals surface area contributed by atoms with Gasteiger partial charge >= 0.3 is 0 Å². The molecule has 1 aliphatic heterocycles. The van der Waals surface area contributed by atoms with Crippen molar-refractivity contribution in [2.24, 2.45) is 0 Å². The number of rotatable bonds is 5. The van der Waals surface area contributed by atoms with Crippen molar-refractivity contribution in [1.29, 1.82) is 0 Å². The van der Waals surface area contributed by atoms with Crippen LogP contribution in [0.15, 0.2) is 12.3 Å². The fourth-order valence-electron chi connectivity index (χ4n) is 2.46. The molecule has 114 valence electrons. The lowest BCUT2D eigenvalue weighted by Crippen LogP contribution is -2.38. The van der Waals surface area contributed by atoms with Crippen molar-refractivity contribution < 1.29 is 8.42 Å². The fraction of sp³-hybridized carbons (Fsp3) is 0.769. The fourth-order valence-corrected chi connectivity index (χ4v) is 3.44. The van der Waals surface area contributed by atoms with Gasteiger partial charge in [-0.1, -0.05) is 0 Å². The van der Waals surface area contributed by atoms with Crippen LogP contribution < -0.4 is 5.73 Å². The van der Waals surface area contributed by atoms with Gasteiger partial charge in [-0.15, -0.1) is 0 Å². The van der Waals surface area contributed by atoms with Crippen molar-refractivity contribution in [2.75, 3.05) is 31.1 Å². The van der Waals surface area contributed by atoms with Crippen LogP contribution in [0.5, 0.6) is 0 Å². The van der Waals surface area contributed by atoms with E-state index in [2.05, 4.69) is 10.00 Å². The van der Waals surface area contributed by atoms with Gasteiger partial charge in [-0.3, -0.25) is 4.68 Å². The quantitative estimate of drug-likeness (QED) is 0.874. The number of anilines is 1. The van der Waals surface area contributed by atoms with E-state index in [-0.39, 0.29) is 11.0 Å². The van der Waals surface area contributed by atoms with Gasteiger partial charge in [0.05, 0.1) is 17.0 Å². The Morgan fingerprint density at radius 3 is 2.55 bits per heavy atom. The molecule has 2 heterocycles. The summed E-state index contributed by atoms with van der Waals surface area (Å²) >= 11 is 0. The molecule has 1 aromatic rings. The van der Waals surface area contributed by atoms with Gasteiger partial charge < -0.3 is 10.6 Å². The van der Waals surface area contributed by atoms with Gasteiger partial charge in [0.25, 0.3) is 0 Å². The molecule has 2 rings (SSSR count). The number of nitrogens with two attached hydrogens (primary N) is 1. The van der Waals surface area contributed by atoms with E-state index in [0.717, 1.165) is 25.9 Å². The number of likely N-dealkylation sites (tertiary alicyclic amines) is 1. The van der Waals surface area contributed by atoms with E-state index >= 15 is 0 Å². The molecule has 1 saturated heterocycles. The molecule has 0 spiro atoms. The highest BCUT2D eigenvalue weighted by Crippen LogP contribution is 2.22. The van der Waals surface area contributed by atoms with Crippen LogP contribution in [0.25, 0.3) is 0 Å². The zero-order chi connectivity index (χ0) is 14.8. The smallest absolute Gasteiger partial charge is 0.153 e. The van der Waals surface area contributed by atoms with Gasteiger partial charge in [0.2, 0.25) is 0 Å². The zero-order valence-electron chi connectivity index (χ0n) is 12.2. The molecule has 0 aromatic carbocycles. The molecule has 0 aliphatic carbocycles. The Kier molecular flexibility index (Phi) is 4.70. The molecule has 0 unspecified atom stereocenters. The van der Waals surface area contributed by atoms with Gasteiger partial charge in [0, 0.05) is 25.8 Å². The average Bonchev–Trinajstić information content (AvgIpc) is 2.83. The molecule has 6 nitrogen and oxygen atoms in total. The summed E-state index contributed by atoms with van der Waals surface area (Å²) in [4.78, 5) is 2.23. The SMILES string of the molecule is CC(C)S(=O)(=O)CCN1CCC(n2ccc(N)n2)CC1. The lowest BCUT2D eigenvalue weighted by molar-refractivity contribution is 0.188. The second kappa shape index (κ2) is 6.13. The molecule has 0 radical (unpaired) electrons. The highest BCUT2D eigenvalue weighted by atomic mass is 32.2. The number of piperidine rings is 1. The van der Waals surface area contributed by atoms with Gasteiger partial charge in [-0.25, -0.2) is 8.42 Å². The monoisotopic (exact) mass is 300 g/mol. The standard InChI is InChI=1S/C13H24N4O2S/c1-11(2)20(18,19)10-9-16-6-3-12(4-7-16)17-8-5-13(14)15-17/h5,8,11-12H,3-4,6-7,9-10H2,1-2H3,(H2,14,15). The van der Waals surface area contributed by atoms with E-state index in [1.807, 2.05) is 16.9 Å². The van der Waals surface area contributed by atoms with Crippen LogP contribution in [0.4, 0.5) is 5.82 Å². The summed E-state index contributed by atoms with van der Waals surface area (Å²) in [5.41, 5.74) is 5.63. The normalized spacial score (nSPS) is 18.8. The number of nitrogens with zero attached hydrogens (tertiary/aromatic N) is 3. The predicted octanol–water partition coefficient (Wildman–Crippen LogP) is 0.925. The van der Waals surface area contributed by atoms with Crippen molar-refractivity contribution in [3.05, 3.63) is 12.3 Å². The van der Waals surface area contributed by atoms with E-state index in [0.29, 0.717) is 18.4 Å². The molecule has 20 heavy (non-hydrogen) atoms. The number of sulfone groups is 1. The first-order chi connectivity index (χ1) is 9.38. The number of aromatic nitrogens is 2. The third-order valence-electron chi connectivity index (χ3n) is 3.97. The van der Waals surface area contributed by atoms with Crippen molar-refractivity contribution >= 4 is 15.7 Å². The highest BCUT2D eigenvalue weighted by Gasteiger charge is 2.23. The third kappa shape index (κ3) is 3.73. The molecular weight excluding hydrogens is 276 g/mol. The molecule has 7 heteroatoms. The van der Waals surface area contributed by atoms with Crippen LogP contribution in [-0.4, -0.2) is 53.7 Å². The Labute approximate surface area is 120 Å². The highest BCUT2D eigenvalue weighted by molar-refractivity contribution is 7.92. The second-order valence-electron chi connectivity index (χ2n) is 5.71. The Morgan fingerprint density at radius 1 is 1.40 bits per heavy atom. The molecule has 0 saturated carbocycles. The molecule has 0 amide bonds. The average molecular weight is 300 g/mol. The first-order valence-electron chi connectivity index (χ1n) is 7.13. The van der Waals surface area contributed by atoms with Crippen LogP contribution in [0.3, 0.4) is 0 Å². The summed E-state index contributed by atoms with van der Waals surface area (Å²) in [7, 11) is -2.94. The summed E-state index contributed by atoms with van der Waals surface area (Å²) in [5, 5.41) is 3.96. The first-order valence-corrected chi connectivity index (χ1v) is 8.84. The Balaban J connectivity index is 1.80. The second-order valence-corrected chi connectivity index (χ2v) is 8.39. The Morgan fingerprint density at radius 2 is 2.05 bits per heavy atom. The Hall–Kier alpha value is -1.08. The van der Waals surface area contributed by atoms with Crippen molar-refractivity contribution in [3.8, 4) is 0 Å². The summed E-state index contributed by atoms with van der Waals surface area (Å²) < 4.78 is 25.5. The predicted molar refractivity (Wildman–Crippen MR) is 80.3 cm³/mol. The maximum Gasteiger partial charge on any atom is 0.153 e. The van der Waals surface area contributed by atoms with Gasteiger partial charge in [0.15, 0.2) is 9.84 Å². The van der Waals surface area contributed by atoms with Gasteiger partial charge in [-0.2, -0.15) is 5.10 Å². The lowest BCUT2D eigenvalue weighted by Gasteiger charge is -2.32. The van der Waals surface area contributed by atoms with Crippen molar-refractivity contribution in [1.82, 2.24) is 14.7 Å². The summed E-state index contributed by atoms with van der Waals surface area (Å²) in [6.45, 7) is 5.94. The van der Waals surface area contributed by atoms with Gasteiger partial charge in [0.1, 0.15) is 5.82 Å². The third-order valence-corrected chi connectivity index (χ3v) is 6.16. The minimum absolute atomic E-state index is 0.254. The molecule has 1 fully saturated rings. The minimum atomic E-state index is -2.94. The topological polar surface area (TPSA) is 81.2 Å². The summed E-state index contributed by atoms with van der Waals surface area (Å²) in [5.74, 6) is 0.805. The van der Waals surface area contributed by atoms with Gasteiger partial charge in [-0.05, 0) is 32.8 Å². The number of hydrogen-bond donors (Lipinski definition) is 1. The van der Waals surface area contributed by atoms with E-state index in [9.17, 15) is 8.42 Å². The first kappa shape index (κ1) is 15.3. The number of nitrogen functional groups attached to an aromatic ring is 1. The van der Waals surface area contributed by atoms with E-state index < -0.39 is 9.84 Å². The Bertz CT molecular complexity index is 530. The van der Waals surface area contributed by atoms with Crippen molar-refractivity contribution in [2.45, 2.75) is 38.0 Å². The zero-order valence-corrected chi connectivity index (χ0v) is 13.0. The van der Waals surface area contributed by atoms with Crippen LogP contribution in [-0.2, 0) is 9.84 Å². The summed E-state index contributed by atoms with van der Waals surface area (Å²) in [6, 6.07) is 2.19. The van der Waals surface area contributed by atoms with E-state index in [1.165, 1.54) is 0 Å². The van der Waals surface area contributed by atoms with Crippen LogP contribution in [0, 0.1) is 0 Å². The lowest BCUT2D eigenvalue weighted by atomic mass is 10.1. The minimum Gasteiger partial charge on any atom is -0.382 e. The molecular formula is C13H24N4O2S. The van der Waals surface area contributed by atoms with E-state index in [1.54, 1.807) is 13.8 Å². The molecule has 1 aliphatic rings. The maximum absolute atomic E-state index is 11.8. The van der Waals surface area contributed by atoms with Crippen LogP contribution in [0.2, 0.25) is 0 Å². The molecule has 0 bridgehead atoms. The molecule has 0 atom stereocenters. The summed E-state index contributed by atoms with van der Waals surface area (Å²) in [6.07, 6.45) is 3.89. The van der Waals surface area contributed by atoms with Crippen LogP contribution in [0.1, 0.15) is 32.7 Å². The molecule has 1 aromatic heterocycles. The van der Waals surface area contributed by atoms with Crippen LogP contribution >= 0.6 is 0 Å².